The Labute approximate surface area is 138 Å². The lowest BCUT2D eigenvalue weighted by molar-refractivity contribution is 0.485. The largest absolute Gasteiger partial charge is 0.355 e. The summed E-state index contributed by atoms with van der Waals surface area (Å²) in [4.78, 5) is 6.80. The average molecular weight is 385 g/mol. The highest BCUT2D eigenvalue weighted by Gasteiger charge is 2.44. The number of nitrogens with one attached hydrogen (secondary N) is 1. The van der Waals surface area contributed by atoms with Crippen LogP contribution >= 0.6 is 24.0 Å². The lowest BCUT2D eigenvalue weighted by atomic mass is 9.96. The summed E-state index contributed by atoms with van der Waals surface area (Å²) in [6, 6.07) is 10.9. The molecule has 1 N–H and O–H groups in total. The van der Waals surface area contributed by atoms with Gasteiger partial charge in [0, 0.05) is 32.1 Å². The van der Waals surface area contributed by atoms with Crippen LogP contribution in [0, 0.1) is 0 Å². The first-order valence-electron chi connectivity index (χ1n) is 7.35. The van der Waals surface area contributed by atoms with Gasteiger partial charge >= 0.3 is 0 Å². The third kappa shape index (κ3) is 3.27. The number of halogens is 1. The van der Waals surface area contributed by atoms with Crippen molar-refractivity contribution in [3.05, 3.63) is 35.9 Å². The molecule has 1 heterocycles. The Morgan fingerprint density at radius 2 is 1.85 bits per heavy atom. The Balaban J connectivity index is 0.00000147. The molecule has 2 fully saturated rings. The number of benzene rings is 1. The first-order valence-corrected chi connectivity index (χ1v) is 7.35. The molecule has 20 heavy (non-hydrogen) atoms. The van der Waals surface area contributed by atoms with Crippen molar-refractivity contribution in [2.75, 3.05) is 26.7 Å². The van der Waals surface area contributed by atoms with Crippen molar-refractivity contribution in [1.29, 1.82) is 0 Å². The van der Waals surface area contributed by atoms with Gasteiger partial charge in [-0.3, -0.25) is 4.99 Å². The van der Waals surface area contributed by atoms with Gasteiger partial charge in [-0.05, 0) is 31.2 Å². The van der Waals surface area contributed by atoms with Crippen LogP contribution in [0.5, 0.6) is 0 Å². The summed E-state index contributed by atoms with van der Waals surface area (Å²) in [7, 11) is 1.89. The second kappa shape index (κ2) is 6.78. The summed E-state index contributed by atoms with van der Waals surface area (Å²) in [6.07, 6.45) is 5.18. The Bertz CT molecular complexity index is 448. The van der Waals surface area contributed by atoms with Gasteiger partial charge in [0.25, 0.3) is 0 Å². The van der Waals surface area contributed by atoms with E-state index in [0.717, 1.165) is 25.6 Å². The molecule has 0 spiro atoms. The van der Waals surface area contributed by atoms with E-state index >= 15 is 0 Å². The van der Waals surface area contributed by atoms with Crippen LogP contribution in [0.2, 0.25) is 0 Å². The van der Waals surface area contributed by atoms with Gasteiger partial charge in [0.1, 0.15) is 0 Å². The molecule has 1 aromatic carbocycles. The van der Waals surface area contributed by atoms with Gasteiger partial charge in [-0.2, -0.15) is 0 Å². The first kappa shape index (κ1) is 15.6. The minimum atomic E-state index is 0. The van der Waals surface area contributed by atoms with Crippen molar-refractivity contribution in [2.45, 2.75) is 31.1 Å². The molecule has 1 aromatic rings. The normalized spacial score (nSPS) is 20.4. The van der Waals surface area contributed by atoms with Crippen LogP contribution in [0.25, 0.3) is 0 Å². The smallest absolute Gasteiger partial charge is 0.193 e. The molecule has 110 valence electrons. The molecule has 1 aliphatic heterocycles. The van der Waals surface area contributed by atoms with Crippen molar-refractivity contribution in [3.8, 4) is 0 Å². The minimum Gasteiger partial charge on any atom is -0.355 e. The van der Waals surface area contributed by atoms with Gasteiger partial charge in [0.2, 0.25) is 0 Å². The summed E-state index contributed by atoms with van der Waals surface area (Å²) in [5.74, 6) is 1.08. The van der Waals surface area contributed by atoms with Gasteiger partial charge in [0.15, 0.2) is 5.96 Å². The standard InChI is InChI=1S/C16H23N3.HI/c1-17-15(19-11-5-6-12-19)18-13-16(9-10-16)14-7-3-2-4-8-14;/h2-4,7-8H,5-6,9-13H2,1H3,(H,17,18);1H. The van der Waals surface area contributed by atoms with Gasteiger partial charge in [-0.1, -0.05) is 30.3 Å². The van der Waals surface area contributed by atoms with Crippen LogP contribution in [0.1, 0.15) is 31.2 Å². The number of likely N-dealkylation sites (tertiary alicyclic amines) is 1. The van der Waals surface area contributed by atoms with Crippen molar-refractivity contribution < 1.29 is 0 Å². The highest BCUT2D eigenvalue weighted by molar-refractivity contribution is 14.0. The highest BCUT2D eigenvalue weighted by atomic mass is 127. The van der Waals surface area contributed by atoms with E-state index in [0.29, 0.717) is 5.41 Å². The molecule has 0 atom stereocenters. The molecule has 0 aromatic heterocycles. The van der Waals surface area contributed by atoms with E-state index in [9.17, 15) is 0 Å². The molecule has 0 unspecified atom stereocenters. The van der Waals surface area contributed by atoms with E-state index in [1.807, 2.05) is 7.05 Å². The predicted molar refractivity (Wildman–Crippen MR) is 94.9 cm³/mol. The van der Waals surface area contributed by atoms with Crippen molar-refractivity contribution in [1.82, 2.24) is 10.2 Å². The van der Waals surface area contributed by atoms with Crippen LogP contribution in [-0.2, 0) is 5.41 Å². The Morgan fingerprint density at radius 3 is 2.40 bits per heavy atom. The van der Waals surface area contributed by atoms with Crippen LogP contribution < -0.4 is 5.32 Å². The van der Waals surface area contributed by atoms with E-state index < -0.39 is 0 Å². The predicted octanol–water partition coefficient (Wildman–Crippen LogP) is 3.01. The molecule has 0 amide bonds. The molecule has 0 radical (unpaired) electrons. The number of guanidine groups is 1. The molecule has 4 heteroatoms. The molecule has 2 aliphatic rings. The lowest BCUT2D eigenvalue weighted by Gasteiger charge is -2.24. The summed E-state index contributed by atoms with van der Waals surface area (Å²) in [6.45, 7) is 3.32. The zero-order valence-electron chi connectivity index (χ0n) is 12.1. The minimum absolute atomic E-state index is 0. The van der Waals surface area contributed by atoms with E-state index in [2.05, 4.69) is 45.5 Å². The molecule has 1 saturated carbocycles. The van der Waals surface area contributed by atoms with E-state index in [1.54, 1.807) is 0 Å². The maximum absolute atomic E-state index is 4.43. The van der Waals surface area contributed by atoms with Crippen LogP contribution in [0.4, 0.5) is 0 Å². The van der Waals surface area contributed by atoms with Crippen molar-refractivity contribution in [2.24, 2.45) is 4.99 Å². The average Bonchev–Trinajstić information content (AvgIpc) is 3.06. The lowest BCUT2D eigenvalue weighted by Crippen LogP contribution is -2.42. The van der Waals surface area contributed by atoms with Gasteiger partial charge < -0.3 is 10.2 Å². The number of nitrogens with zero attached hydrogens (tertiary/aromatic N) is 2. The van der Waals surface area contributed by atoms with Crippen molar-refractivity contribution in [3.63, 3.8) is 0 Å². The Kier molecular flexibility index (Phi) is 5.29. The molecule has 3 nitrogen and oxygen atoms in total. The number of rotatable bonds is 3. The third-order valence-electron chi connectivity index (χ3n) is 4.44. The van der Waals surface area contributed by atoms with Gasteiger partial charge in [-0.15, -0.1) is 24.0 Å². The summed E-state index contributed by atoms with van der Waals surface area (Å²) < 4.78 is 0. The molecule has 1 saturated heterocycles. The molecular weight excluding hydrogens is 361 g/mol. The topological polar surface area (TPSA) is 27.6 Å². The fraction of sp³-hybridized carbons (Fsp3) is 0.562. The highest BCUT2D eigenvalue weighted by Crippen LogP contribution is 2.47. The number of hydrogen-bond acceptors (Lipinski definition) is 1. The van der Waals surface area contributed by atoms with E-state index in [4.69, 9.17) is 0 Å². The molecule has 1 aliphatic carbocycles. The zero-order valence-corrected chi connectivity index (χ0v) is 14.5. The number of hydrogen-bond donors (Lipinski definition) is 1. The fourth-order valence-corrected chi connectivity index (χ4v) is 3.02. The summed E-state index contributed by atoms with van der Waals surface area (Å²) >= 11 is 0. The van der Waals surface area contributed by atoms with Crippen LogP contribution in [0.3, 0.4) is 0 Å². The quantitative estimate of drug-likeness (QED) is 0.492. The first-order chi connectivity index (χ1) is 9.34. The zero-order chi connectivity index (χ0) is 13.1. The number of aliphatic imine (C=N–C) groups is 1. The van der Waals surface area contributed by atoms with Crippen LogP contribution in [-0.4, -0.2) is 37.5 Å². The second-order valence-corrected chi connectivity index (χ2v) is 5.74. The Morgan fingerprint density at radius 1 is 1.20 bits per heavy atom. The monoisotopic (exact) mass is 385 g/mol. The molecule has 3 rings (SSSR count). The fourth-order valence-electron chi connectivity index (χ4n) is 3.02. The molecule has 0 bridgehead atoms. The van der Waals surface area contributed by atoms with E-state index in [-0.39, 0.29) is 24.0 Å². The third-order valence-corrected chi connectivity index (χ3v) is 4.44. The van der Waals surface area contributed by atoms with Crippen molar-refractivity contribution >= 4 is 29.9 Å². The summed E-state index contributed by atoms with van der Waals surface area (Å²) in [5, 5.41) is 3.59. The Hall–Kier alpha value is -0.780. The second-order valence-electron chi connectivity index (χ2n) is 5.74. The SMILES string of the molecule is CN=C(NCC1(c2ccccc2)CC1)N1CCCC1.I. The van der Waals surface area contributed by atoms with Crippen LogP contribution in [0.15, 0.2) is 35.3 Å². The molecular formula is C16H24IN3. The van der Waals surface area contributed by atoms with Gasteiger partial charge in [0.05, 0.1) is 0 Å². The summed E-state index contributed by atoms with van der Waals surface area (Å²) in [5.41, 5.74) is 1.83. The maximum Gasteiger partial charge on any atom is 0.193 e. The maximum atomic E-state index is 4.43. The van der Waals surface area contributed by atoms with Gasteiger partial charge in [-0.25, -0.2) is 0 Å². The van der Waals surface area contributed by atoms with E-state index in [1.165, 1.54) is 31.2 Å².